The second-order valence-corrected chi connectivity index (χ2v) is 7.34. The Kier molecular flexibility index (Phi) is 5.51. The number of carbonyl (C=O) groups is 1. The third-order valence-electron chi connectivity index (χ3n) is 5.20. The maximum atomic E-state index is 12.9. The Labute approximate surface area is 171 Å². The number of ether oxygens (including phenoxy) is 1. The molecule has 2 aromatic carbocycles. The van der Waals surface area contributed by atoms with Gasteiger partial charge in [0.15, 0.2) is 0 Å². The van der Waals surface area contributed by atoms with Crippen LogP contribution in [0.1, 0.15) is 22.8 Å². The Morgan fingerprint density at radius 1 is 1.17 bits per heavy atom. The van der Waals surface area contributed by atoms with E-state index < -0.39 is 0 Å². The minimum atomic E-state index is -0.0711. The lowest BCUT2D eigenvalue weighted by Gasteiger charge is -2.37. The van der Waals surface area contributed by atoms with E-state index in [-0.39, 0.29) is 12.0 Å². The van der Waals surface area contributed by atoms with Crippen molar-refractivity contribution in [2.24, 2.45) is 0 Å². The van der Waals surface area contributed by atoms with Crippen LogP contribution in [0.4, 0.5) is 5.69 Å². The normalized spacial score (nSPS) is 15.5. The lowest BCUT2D eigenvalue weighted by Crippen LogP contribution is -2.46. The Bertz CT molecular complexity index is 970. The van der Waals surface area contributed by atoms with Crippen molar-refractivity contribution in [1.29, 1.82) is 0 Å². The Balaban J connectivity index is 1.40. The van der Waals surface area contributed by atoms with E-state index in [1.54, 1.807) is 22.0 Å². The van der Waals surface area contributed by atoms with E-state index in [1.807, 2.05) is 55.6 Å². The maximum Gasteiger partial charge on any atom is 0.256 e. The number of likely N-dealkylation sites (N-methyl/N-ethyl adjacent to an activating group) is 2. The number of aromatic nitrogens is 2. The summed E-state index contributed by atoms with van der Waals surface area (Å²) in [6.45, 7) is 4.97. The van der Waals surface area contributed by atoms with Crippen molar-refractivity contribution >= 4 is 11.6 Å². The van der Waals surface area contributed by atoms with Gasteiger partial charge in [0.2, 0.25) is 0 Å². The number of carbonyl (C=O) groups excluding carboxylic acids is 1. The zero-order valence-corrected chi connectivity index (χ0v) is 16.9. The number of amides is 1. The highest BCUT2D eigenvalue weighted by atomic mass is 16.5. The van der Waals surface area contributed by atoms with Gasteiger partial charge in [0, 0.05) is 19.8 Å². The molecule has 1 aliphatic heterocycles. The fraction of sp³-hybridized carbons (Fsp3) is 0.304. The van der Waals surface area contributed by atoms with Crippen LogP contribution in [0.2, 0.25) is 0 Å². The average molecular weight is 390 g/mol. The molecule has 3 aromatic rings. The quantitative estimate of drug-likeness (QED) is 0.648. The first-order valence-electron chi connectivity index (χ1n) is 9.96. The summed E-state index contributed by atoms with van der Waals surface area (Å²) in [6.07, 6.45) is 3.37. The summed E-state index contributed by atoms with van der Waals surface area (Å²) in [5.74, 6) is 0.831. The number of para-hydroxylation sites is 2. The van der Waals surface area contributed by atoms with Crippen molar-refractivity contribution < 1.29 is 9.53 Å². The molecule has 0 spiro atoms. The predicted octanol–water partition coefficient (Wildman–Crippen LogP) is 3.29. The van der Waals surface area contributed by atoms with Crippen LogP contribution in [0.25, 0.3) is 0 Å². The molecule has 4 rings (SSSR count). The summed E-state index contributed by atoms with van der Waals surface area (Å²) in [5.41, 5.74) is 2.85. The van der Waals surface area contributed by atoms with E-state index in [1.165, 1.54) is 0 Å². The summed E-state index contributed by atoms with van der Waals surface area (Å²) in [5, 5.41) is 4.35. The topological polar surface area (TPSA) is 50.6 Å². The molecule has 1 aliphatic rings. The largest absolute Gasteiger partial charge is 0.485 e. The Morgan fingerprint density at radius 2 is 1.93 bits per heavy atom. The van der Waals surface area contributed by atoms with E-state index in [4.69, 9.17) is 4.74 Å². The van der Waals surface area contributed by atoms with Crippen LogP contribution in [0.3, 0.4) is 0 Å². The molecular formula is C23H26N4O2. The van der Waals surface area contributed by atoms with Crippen LogP contribution in [-0.2, 0) is 6.54 Å². The lowest BCUT2D eigenvalue weighted by molar-refractivity contribution is 0.0709. The predicted molar refractivity (Wildman–Crippen MR) is 113 cm³/mol. The molecule has 1 amide bonds. The van der Waals surface area contributed by atoms with Gasteiger partial charge in [0.1, 0.15) is 11.9 Å². The monoisotopic (exact) mass is 390 g/mol. The van der Waals surface area contributed by atoms with E-state index in [2.05, 4.69) is 23.0 Å². The molecule has 0 bridgehead atoms. The summed E-state index contributed by atoms with van der Waals surface area (Å²) in [6, 6.07) is 18.1. The smallest absolute Gasteiger partial charge is 0.256 e. The summed E-state index contributed by atoms with van der Waals surface area (Å²) in [4.78, 5) is 16.9. The fourth-order valence-electron chi connectivity index (χ4n) is 3.71. The zero-order chi connectivity index (χ0) is 20.2. The first-order chi connectivity index (χ1) is 14.1. The van der Waals surface area contributed by atoms with Crippen LogP contribution in [0.5, 0.6) is 5.75 Å². The number of hydrogen-bond donors (Lipinski definition) is 0. The molecule has 6 heteroatoms. The minimum absolute atomic E-state index is 0.0465. The SMILES string of the molecule is CCN1C[C@@H](CN(C)C(=O)c2cnn(Cc3ccccc3)c2)Oc2ccccc21. The highest BCUT2D eigenvalue weighted by Gasteiger charge is 2.27. The molecule has 6 nitrogen and oxygen atoms in total. The second-order valence-electron chi connectivity index (χ2n) is 7.34. The van der Waals surface area contributed by atoms with Crippen molar-refractivity contribution in [3.8, 4) is 5.75 Å². The maximum absolute atomic E-state index is 12.9. The molecule has 0 N–H and O–H groups in total. The first-order valence-corrected chi connectivity index (χ1v) is 9.96. The third kappa shape index (κ3) is 4.26. The van der Waals surface area contributed by atoms with Crippen LogP contribution >= 0.6 is 0 Å². The van der Waals surface area contributed by atoms with Crippen LogP contribution in [0, 0.1) is 0 Å². The van der Waals surface area contributed by atoms with Crippen LogP contribution in [0.15, 0.2) is 67.0 Å². The van der Waals surface area contributed by atoms with E-state index in [9.17, 15) is 4.79 Å². The summed E-state index contributed by atoms with van der Waals surface area (Å²) < 4.78 is 7.94. The first kappa shape index (κ1) is 19.1. The second kappa shape index (κ2) is 8.39. The summed E-state index contributed by atoms with van der Waals surface area (Å²) >= 11 is 0. The summed E-state index contributed by atoms with van der Waals surface area (Å²) in [7, 11) is 1.82. The molecule has 0 saturated carbocycles. The van der Waals surface area contributed by atoms with Crippen LogP contribution < -0.4 is 9.64 Å². The molecule has 29 heavy (non-hydrogen) atoms. The van der Waals surface area contributed by atoms with Crippen molar-refractivity contribution in [1.82, 2.24) is 14.7 Å². The molecule has 0 fully saturated rings. The molecule has 150 valence electrons. The highest BCUT2D eigenvalue weighted by Crippen LogP contribution is 2.32. The van der Waals surface area contributed by atoms with Gasteiger partial charge in [-0.05, 0) is 24.6 Å². The van der Waals surface area contributed by atoms with Gasteiger partial charge in [-0.25, -0.2) is 0 Å². The lowest BCUT2D eigenvalue weighted by atomic mass is 10.1. The molecule has 0 unspecified atom stereocenters. The van der Waals surface area contributed by atoms with Crippen molar-refractivity contribution in [2.75, 3.05) is 31.6 Å². The Morgan fingerprint density at radius 3 is 2.72 bits per heavy atom. The van der Waals surface area contributed by atoms with E-state index in [0.717, 1.165) is 30.1 Å². The van der Waals surface area contributed by atoms with Gasteiger partial charge in [-0.3, -0.25) is 9.48 Å². The van der Waals surface area contributed by atoms with Gasteiger partial charge in [-0.15, -0.1) is 0 Å². The van der Waals surface area contributed by atoms with E-state index in [0.29, 0.717) is 18.7 Å². The molecule has 1 atom stereocenters. The molecule has 1 aromatic heterocycles. The van der Waals surface area contributed by atoms with Crippen molar-refractivity contribution in [3.05, 3.63) is 78.1 Å². The fourth-order valence-corrected chi connectivity index (χ4v) is 3.71. The molecule has 0 saturated heterocycles. The number of anilines is 1. The van der Waals surface area contributed by atoms with E-state index >= 15 is 0 Å². The van der Waals surface area contributed by atoms with Gasteiger partial charge >= 0.3 is 0 Å². The Hall–Kier alpha value is -3.28. The van der Waals surface area contributed by atoms with Crippen molar-refractivity contribution in [2.45, 2.75) is 19.6 Å². The standard InChI is InChI=1S/C23H26N4O2/c1-3-26-17-20(29-22-12-8-7-11-21(22)26)16-25(2)23(28)19-13-24-27(15-19)14-18-9-5-4-6-10-18/h4-13,15,20H,3,14,16-17H2,1-2H3/t20-/m1/s1. The molecule has 0 radical (unpaired) electrons. The minimum Gasteiger partial charge on any atom is -0.485 e. The molecule has 2 heterocycles. The van der Waals surface area contributed by atoms with Crippen molar-refractivity contribution in [3.63, 3.8) is 0 Å². The number of benzene rings is 2. The van der Waals surface area contributed by atoms with Gasteiger partial charge in [0.05, 0.1) is 37.1 Å². The van der Waals surface area contributed by atoms with Crippen LogP contribution in [-0.4, -0.2) is 53.4 Å². The van der Waals surface area contributed by atoms with Gasteiger partial charge in [-0.2, -0.15) is 5.10 Å². The van der Waals surface area contributed by atoms with Gasteiger partial charge in [0.25, 0.3) is 5.91 Å². The number of hydrogen-bond acceptors (Lipinski definition) is 4. The highest BCUT2D eigenvalue weighted by molar-refractivity contribution is 5.93. The number of rotatable bonds is 6. The molecular weight excluding hydrogens is 364 g/mol. The zero-order valence-electron chi connectivity index (χ0n) is 16.9. The third-order valence-corrected chi connectivity index (χ3v) is 5.20. The van der Waals surface area contributed by atoms with Gasteiger partial charge < -0.3 is 14.5 Å². The number of fused-ring (bicyclic) bond motifs is 1. The van der Waals surface area contributed by atoms with Gasteiger partial charge in [-0.1, -0.05) is 42.5 Å². The average Bonchev–Trinajstić information content (AvgIpc) is 3.21. The molecule has 0 aliphatic carbocycles. The number of nitrogens with zero attached hydrogens (tertiary/aromatic N) is 4.